The van der Waals surface area contributed by atoms with Crippen molar-refractivity contribution in [3.05, 3.63) is 40.5 Å². The number of halogens is 2. The van der Waals surface area contributed by atoms with Crippen LogP contribution in [0.5, 0.6) is 0 Å². The Bertz CT molecular complexity index is 622. The van der Waals surface area contributed by atoms with E-state index in [-0.39, 0.29) is 31.4 Å². The smallest absolute Gasteiger partial charge is 0.240 e. The van der Waals surface area contributed by atoms with Gasteiger partial charge in [0.1, 0.15) is 0 Å². The fourth-order valence-corrected chi connectivity index (χ4v) is 2.12. The summed E-state index contributed by atoms with van der Waals surface area (Å²) in [6, 6.07) is 7.44. The molecule has 1 amide bonds. The van der Waals surface area contributed by atoms with E-state index in [1.54, 1.807) is 11.9 Å². The Morgan fingerprint density at radius 2 is 2.18 bits per heavy atom. The molecular formula is C13H17BrClN5O2. The molecule has 0 atom stereocenters. The highest BCUT2D eigenvalue weighted by Crippen LogP contribution is 2.20. The number of anilines is 1. The standard InChI is InChI=1S/C13H16BrN5O2.ClH/c1-19(7-11-17-13(6-15)21-18-11)8-12(20)16-10-5-3-2-4-9(10)14;/h2-5H,6-8,15H2,1H3,(H,16,20);1H. The Hall–Kier alpha value is -1.48. The van der Waals surface area contributed by atoms with Crippen LogP contribution in [0.3, 0.4) is 0 Å². The molecule has 0 aliphatic carbocycles. The van der Waals surface area contributed by atoms with Crippen LogP contribution < -0.4 is 11.1 Å². The van der Waals surface area contributed by atoms with Crippen LogP contribution in [0.4, 0.5) is 5.69 Å². The number of carbonyl (C=O) groups is 1. The summed E-state index contributed by atoms with van der Waals surface area (Å²) in [5.74, 6) is 0.773. The number of nitrogens with one attached hydrogen (secondary N) is 1. The second kappa shape index (κ2) is 8.84. The van der Waals surface area contributed by atoms with Gasteiger partial charge in [-0.2, -0.15) is 4.98 Å². The molecule has 0 spiro atoms. The van der Waals surface area contributed by atoms with Crippen molar-refractivity contribution in [2.45, 2.75) is 13.1 Å². The van der Waals surface area contributed by atoms with Crippen molar-refractivity contribution in [3.8, 4) is 0 Å². The SMILES string of the molecule is CN(CC(=O)Nc1ccccc1Br)Cc1noc(CN)n1.Cl. The molecule has 0 radical (unpaired) electrons. The number of nitrogens with zero attached hydrogens (tertiary/aromatic N) is 3. The number of hydrogen-bond donors (Lipinski definition) is 2. The Labute approximate surface area is 142 Å². The molecule has 2 aromatic rings. The number of amides is 1. The summed E-state index contributed by atoms with van der Waals surface area (Å²) in [5, 5.41) is 6.62. The van der Waals surface area contributed by atoms with E-state index in [0.29, 0.717) is 18.3 Å². The molecule has 120 valence electrons. The summed E-state index contributed by atoms with van der Waals surface area (Å²) < 4.78 is 5.75. The number of nitrogens with two attached hydrogens (primary N) is 1. The molecule has 0 bridgehead atoms. The summed E-state index contributed by atoms with van der Waals surface area (Å²) in [5.41, 5.74) is 6.13. The maximum atomic E-state index is 12.0. The second-order valence-electron chi connectivity index (χ2n) is 4.51. The number of benzene rings is 1. The minimum absolute atomic E-state index is 0. The quantitative estimate of drug-likeness (QED) is 0.780. The van der Waals surface area contributed by atoms with Gasteiger partial charge >= 0.3 is 0 Å². The van der Waals surface area contributed by atoms with E-state index in [2.05, 4.69) is 31.4 Å². The highest BCUT2D eigenvalue weighted by Gasteiger charge is 2.12. The highest BCUT2D eigenvalue weighted by atomic mass is 79.9. The molecular weight excluding hydrogens is 374 g/mol. The predicted molar refractivity (Wildman–Crippen MR) is 88.5 cm³/mol. The molecule has 1 aromatic heterocycles. The second-order valence-corrected chi connectivity index (χ2v) is 5.36. The number of hydrogen-bond acceptors (Lipinski definition) is 6. The number of likely N-dealkylation sites (N-methyl/N-ethyl adjacent to an activating group) is 1. The summed E-state index contributed by atoms with van der Waals surface area (Å²) >= 11 is 3.38. The van der Waals surface area contributed by atoms with E-state index in [4.69, 9.17) is 10.3 Å². The Morgan fingerprint density at radius 3 is 2.82 bits per heavy atom. The first kappa shape index (κ1) is 18.6. The molecule has 0 aliphatic heterocycles. The van der Waals surface area contributed by atoms with Crippen LogP contribution in [-0.4, -0.2) is 34.5 Å². The van der Waals surface area contributed by atoms with E-state index in [9.17, 15) is 4.79 Å². The maximum absolute atomic E-state index is 12.0. The zero-order valence-corrected chi connectivity index (χ0v) is 14.4. The van der Waals surface area contributed by atoms with Crippen molar-refractivity contribution in [2.75, 3.05) is 18.9 Å². The van der Waals surface area contributed by atoms with Gasteiger partial charge in [0.05, 0.1) is 25.3 Å². The molecule has 0 aliphatic rings. The van der Waals surface area contributed by atoms with Crippen LogP contribution in [0.25, 0.3) is 0 Å². The van der Waals surface area contributed by atoms with E-state index in [1.165, 1.54) is 0 Å². The molecule has 22 heavy (non-hydrogen) atoms. The first-order chi connectivity index (χ1) is 10.1. The molecule has 7 nitrogen and oxygen atoms in total. The third kappa shape index (κ3) is 5.38. The van der Waals surface area contributed by atoms with Crippen molar-refractivity contribution in [1.29, 1.82) is 0 Å². The zero-order valence-electron chi connectivity index (χ0n) is 12.0. The van der Waals surface area contributed by atoms with Gasteiger partial charge in [-0.15, -0.1) is 12.4 Å². The summed E-state index contributed by atoms with van der Waals surface area (Å²) in [4.78, 5) is 17.8. The van der Waals surface area contributed by atoms with Gasteiger partial charge in [0.25, 0.3) is 0 Å². The van der Waals surface area contributed by atoms with E-state index >= 15 is 0 Å². The zero-order chi connectivity index (χ0) is 15.2. The maximum Gasteiger partial charge on any atom is 0.240 e. The summed E-state index contributed by atoms with van der Waals surface area (Å²) in [6.07, 6.45) is 0. The molecule has 1 aromatic carbocycles. The lowest BCUT2D eigenvalue weighted by Gasteiger charge is -2.14. The average molecular weight is 391 g/mol. The number of aromatic nitrogens is 2. The first-order valence-electron chi connectivity index (χ1n) is 6.33. The topological polar surface area (TPSA) is 97.3 Å². The van der Waals surface area contributed by atoms with Crippen LogP contribution >= 0.6 is 28.3 Å². The normalized spacial score (nSPS) is 10.4. The molecule has 0 saturated heterocycles. The Balaban J connectivity index is 0.00000242. The van der Waals surface area contributed by atoms with Gasteiger partial charge in [0, 0.05) is 4.47 Å². The summed E-state index contributed by atoms with van der Waals surface area (Å²) in [7, 11) is 1.80. The molecule has 0 unspecified atom stereocenters. The molecule has 9 heteroatoms. The van der Waals surface area contributed by atoms with Gasteiger partial charge in [0.15, 0.2) is 5.82 Å². The molecule has 0 fully saturated rings. The minimum Gasteiger partial charge on any atom is -0.338 e. The monoisotopic (exact) mass is 389 g/mol. The van der Waals surface area contributed by atoms with Crippen LogP contribution in [0.1, 0.15) is 11.7 Å². The number of carbonyl (C=O) groups excluding carboxylic acids is 1. The van der Waals surface area contributed by atoms with E-state index in [1.807, 2.05) is 24.3 Å². The fourth-order valence-electron chi connectivity index (χ4n) is 1.73. The van der Waals surface area contributed by atoms with E-state index < -0.39 is 0 Å². The third-order valence-corrected chi connectivity index (χ3v) is 3.35. The van der Waals surface area contributed by atoms with Crippen molar-refractivity contribution >= 4 is 39.9 Å². The lowest BCUT2D eigenvalue weighted by molar-refractivity contribution is -0.117. The van der Waals surface area contributed by atoms with Gasteiger partial charge in [-0.05, 0) is 35.1 Å². The summed E-state index contributed by atoms with van der Waals surface area (Å²) in [6.45, 7) is 0.833. The first-order valence-corrected chi connectivity index (χ1v) is 7.12. The van der Waals surface area contributed by atoms with Gasteiger partial charge < -0.3 is 15.6 Å². The fraction of sp³-hybridized carbons (Fsp3) is 0.308. The van der Waals surface area contributed by atoms with Gasteiger partial charge in [-0.1, -0.05) is 17.3 Å². The number of para-hydroxylation sites is 1. The third-order valence-electron chi connectivity index (χ3n) is 2.66. The van der Waals surface area contributed by atoms with Gasteiger partial charge in [-0.3, -0.25) is 9.69 Å². The molecule has 0 saturated carbocycles. The Morgan fingerprint density at radius 1 is 1.45 bits per heavy atom. The van der Waals surface area contributed by atoms with Crippen LogP contribution in [0.2, 0.25) is 0 Å². The van der Waals surface area contributed by atoms with E-state index in [0.717, 1.165) is 10.2 Å². The highest BCUT2D eigenvalue weighted by molar-refractivity contribution is 9.10. The van der Waals surface area contributed by atoms with Crippen LogP contribution in [-0.2, 0) is 17.9 Å². The van der Waals surface area contributed by atoms with Crippen molar-refractivity contribution in [2.24, 2.45) is 5.73 Å². The van der Waals surface area contributed by atoms with Crippen molar-refractivity contribution in [1.82, 2.24) is 15.0 Å². The lowest BCUT2D eigenvalue weighted by atomic mass is 10.3. The minimum atomic E-state index is -0.119. The van der Waals surface area contributed by atoms with Crippen molar-refractivity contribution in [3.63, 3.8) is 0 Å². The lowest BCUT2D eigenvalue weighted by Crippen LogP contribution is -2.30. The van der Waals surface area contributed by atoms with Gasteiger partial charge in [-0.25, -0.2) is 0 Å². The average Bonchev–Trinajstić information content (AvgIpc) is 2.88. The van der Waals surface area contributed by atoms with Crippen LogP contribution in [0, 0.1) is 0 Å². The van der Waals surface area contributed by atoms with Crippen LogP contribution in [0.15, 0.2) is 33.3 Å². The molecule has 2 rings (SSSR count). The number of rotatable bonds is 6. The van der Waals surface area contributed by atoms with Crippen molar-refractivity contribution < 1.29 is 9.32 Å². The predicted octanol–water partition coefficient (Wildman–Crippen LogP) is 1.78. The molecule has 1 heterocycles. The van der Waals surface area contributed by atoms with Gasteiger partial charge in [0.2, 0.25) is 11.8 Å². The largest absolute Gasteiger partial charge is 0.338 e. The Kier molecular flexibility index (Phi) is 7.46. The molecule has 3 N–H and O–H groups in total.